The molecule has 1 saturated heterocycles. The normalized spacial score (nSPS) is 19.1. The Kier molecular flexibility index (Phi) is 4.10. The van der Waals surface area contributed by atoms with E-state index in [2.05, 4.69) is 10.3 Å². The van der Waals surface area contributed by atoms with Crippen LogP contribution in [0.1, 0.15) is 19.3 Å². The van der Waals surface area contributed by atoms with Crippen molar-refractivity contribution in [2.75, 3.05) is 18.5 Å². The van der Waals surface area contributed by atoms with Crippen LogP contribution in [0.5, 0.6) is 0 Å². The molecule has 1 aromatic heterocycles. The standard InChI is InChI=1S/C12H13F4N3O/c1-17-12(20)6-4-2-3-5-19(6)9-7(13)10(15)18-11(16)8(9)14/h6H,2-5H2,1H3,(H,17,20). The second kappa shape index (κ2) is 5.64. The van der Waals surface area contributed by atoms with Crippen molar-refractivity contribution in [3.05, 3.63) is 23.5 Å². The molecule has 0 spiro atoms. The van der Waals surface area contributed by atoms with E-state index in [0.29, 0.717) is 19.3 Å². The van der Waals surface area contributed by atoms with E-state index in [-0.39, 0.29) is 6.54 Å². The number of carbonyl (C=O) groups is 1. The minimum Gasteiger partial charge on any atom is -0.357 e. The molecule has 0 bridgehead atoms. The van der Waals surface area contributed by atoms with Crippen LogP contribution in [0.4, 0.5) is 23.2 Å². The van der Waals surface area contributed by atoms with Gasteiger partial charge in [-0.05, 0) is 19.3 Å². The number of aromatic nitrogens is 1. The van der Waals surface area contributed by atoms with E-state index in [1.165, 1.54) is 7.05 Å². The predicted molar refractivity (Wildman–Crippen MR) is 63.1 cm³/mol. The topological polar surface area (TPSA) is 45.2 Å². The lowest BCUT2D eigenvalue weighted by atomic mass is 10.0. The van der Waals surface area contributed by atoms with Crippen molar-refractivity contribution in [1.82, 2.24) is 10.3 Å². The number of likely N-dealkylation sites (N-methyl/N-ethyl adjacent to an activating group) is 1. The second-order valence-electron chi connectivity index (χ2n) is 4.49. The van der Waals surface area contributed by atoms with Gasteiger partial charge in [0.25, 0.3) is 11.9 Å². The first-order valence-electron chi connectivity index (χ1n) is 6.15. The third-order valence-electron chi connectivity index (χ3n) is 3.31. The summed E-state index contributed by atoms with van der Waals surface area (Å²) in [6.07, 6.45) is 1.61. The molecule has 20 heavy (non-hydrogen) atoms. The van der Waals surface area contributed by atoms with Crippen LogP contribution in [0.25, 0.3) is 0 Å². The number of nitrogens with one attached hydrogen (secondary N) is 1. The number of carbonyl (C=O) groups excluding carboxylic acids is 1. The molecule has 110 valence electrons. The van der Waals surface area contributed by atoms with Crippen molar-refractivity contribution >= 4 is 11.6 Å². The molecule has 1 unspecified atom stereocenters. The van der Waals surface area contributed by atoms with Crippen molar-refractivity contribution in [1.29, 1.82) is 0 Å². The van der Waals surface area contributed by atoms with Gasteiger partial charge in [0.1, 0.15) is 11.7 Å². The summed E-state index contributed by atoms with van der Waals surface area (Å²) < 4.78 is 53.8. The summed E-state index contributed by atoms with van der Waals surface area (Å²) in [5.41, 5.74) is -0.872. The summed E-state index contributed by atoms with van der Waals surface area (Å²) in [7, 11) is 1.38. The minimum absolute atomic E-state index is 0.134. The van der Waals surface area contributed by atoms with Crippen LogP contribution in [0.15, 0.2) is 0 Å². The van der Waals surface area contributed by atoms with Crippen molar-refractivity contribution in [3.63, 3.8) is 0 Å². The molecule has 1 aliphatic rings. The lowest BCUT2D eigenvalue weighted by Gasteiger charge is -2.36. The largest absolute Gasteiger partial charge is 0.357 e. The number of piperidine rings is 1. The molecule has 0 saturated carbocycles. The first kappa shape index (κ1) is 14.5. The Labute approximate surface area is 112 Å². The maximum Gasteiger partial charge on any atom is 0.253 e. The van der Waals surface area contributed by atoms with E-state index in [4.69, 9.17) is 0 Å². The number of anilines is 1. The van der Waals surface area contributed by atoms with Crippen molar-refractivity contribution in [2.24, 2.45) is 0 Å². The van der Waals surface area contributed by atoms with Gasteiger partial charge in [0.2, 0.25) is 17.5 Å². The number of nitrogens with zero attached hydrogens (tertiary/aromatic N) is 2. The zero-order valence-corrected chi connectivity index (χ0v) is 10.7. The fraction of sp³-hybridized carbons (Fsp3) is 0.500. The SMILES string of the molecule is CNC(=O)C1CCCCN1c1c(F)c(F)nc(F)c1F. The highest BCUT2D eigenvalue weighted by Crippen LogP contribution is 2.31. The molecule has 1 aliphatic heterocycles. The van der Waals surface area contributed by atoms with Crippen LogP contribution in [0, 0.1) is 23.5 Å². The summed E-state index contributed by atoms with van der Waals surface area (Å²) in [4.78, 5) is 15.3. The molecule has 0 radical (unpaired) electrons. The average Bonchev–Trinajstić information content (AvgIpc) is 2.45. The monoisotopic (exact) mass is 291 g/mol. The average molecular weight is 291 g/mol. The fourth-order valence-electron chi connectivity index (χ4n) is 2.37. The van der Waals surface area contributed by atoms with Crippen LogP contribution in [-0.4, -0.2) is 30.5 Å². The van der Waals surface area contributed by atoms with Gasteiger partial charge in [0.05, 0.1) is 0 Å². The summed E-state index contributed by atoms with van der Waals surface area (Å²) >= 11 is 0. The van der Waals surface area contributed by atoms with E-state index < -0.39 is 41.2 Å². The molecule has 1 amide bonds. The molecule has 2 heterocycles. The molecule has 2 rings (SSSR count). The summed E-state index contributed by atoms with van der Waals surface area (Å²) in [6, 6.07) is -0.862. The molecule has 1 aromatic rings. The predicted octanol–water partition coefficient (Wildman–Crippen LogP) is 1.74. The molecule has 0 aliphatic carbocycles. The molecular formula is C12H13F4N3O. The Bertz CT molecular complexity index is 512. The van der Waals surface area contributed by atoms with Crippen LogP contribution < -0.4 is 10.2 Å². The van der Waals surface area contributed by atoms with Gasteiger partial charge in [-0.3, -0.25) is 4.79 Å². The second-order valence-corrected chi connectivity index (χ2v) is 4.49. The van der Waals surface area contributed by atoms with Crippen molar-refractivity contribution < 1.29 is 22.4 Å². The van der Waals surface area contributed by atoms with E-state index in [9.17, 15) is 22.4 Å². The highest BCUT2D eigenvalue weighted by molar-refractivity contribution is 5.85. The maximum atomic E-state index is 13.8. The highest BCUT2D eigenvalue weighted by Gasteiger charge is 2.34. The first-order valence-corrected chi connectivity index (χ1v) is 6.15. The molecule has 1 N–H and O–H groups in total. The Morgan fingerprint density at radius 3 is 2.35 bits per heavy atom. The number of halogens is 4. The zero-order chi connectivity index (χ0) is 14.9. The summed E-state index contributed by atoms with van der Waals surface area (Å²) in [5, 5.41) is 2.37. The molecule has 1 atom stereocenters. The van der Waals surface area contributed by atoms with Gasteiger partial charge in [-0.2, -0.15) is 22.5 Å². The smallest absolute Gasteiger partial charge is 0.253 e. The summed E-state index contributed by atoms with van der Waals surface area (Å²) in [6.45, 7) is 0.134. The number of rotatable bonds is 2. The Hall–Kier alpha value is -1.86. The molecule has 4 nitrogen and oxygen atoms in total. The van der Waals surface area contributed by atoms with Crippen LogP contribution in [-0.2, 0) is 4.79 Å². The number of pyridine rings is 1. The number of amides is 1. The highest BCUT2D eigenvalue weighted by atomic mass is 19.2. The van der Waals surface area contributed by atoms with Crippen molar-refractivity contribution in [2.45, 2.75) is 25.3 Å². The first-order chi connectivity index (χ1) is 9.47. The molecule has 1 fully saturated rings. The Balaban J connectivity index is 2.50. The quantitative estimate of drug-likeness (QED) is 0.667. The van der Waals surface area contributed by atoms with Gasteiger partial charge in [-0.1, -0.05) is 0 Å². The van der Waals surface area contributed by atoms with Crippen LogP contribution in [0.3, 0.4) is 0 Å². The lowest BCUT2D eigenvalue weighted by molar-refractivity contribution is -0.122. The van der Waals surface area contributed by atoms with Crippen molar-refractivity contribution in [3.8, 4) is 0 Å². The fourth-order valence-corrected chi connectivity index (χ4v) is 2.37. The molecular weight excluding hydrogens is 278 g/mol. The Morgan fingerprint density at radius 1 is 1.20 bits per heavy atom. The van der Waals surface area contributed by atoms with Gasteiger partial charge in [-0.15, -0.1) is 0 Å². The van der Waals surface area contributed by atoms with E-state index in [1.807, 2.05) is 0 Å². The van der Waals surface area contributed by atoms with Gasteiger partial charge < -0.3 is 10.2 Å². The van der Waals surface area contributed by atoms with E-state index in [1.54, 1.807) is 0 Å². The van der Waals surface area contributed by atoms with E-state index >= 15 is 0 Å². The minimum atomic E-state index is -1.72. The molecule has 0 aromatic carbocycles. The van der Waals surface area contributed by atoms with Gasteiger partial charge in [0.15, 0.2) is 0 Å². The van der Waals surface area contributed by atoms with E-state index in [0.717, 1.165) is 4.90 Å². The number of hydrogen-bond donors (Lipinski definition) is 1. The van der Waals surface area contributed by atoms with Gasteiger partial charge in [0, 0.05) is 13.6 Å². The number of hydrogen-bond acceptors (Lipinski definition) is 3. The van der Waals surface area contributed by atoms with Gasteiger partial charge in [-0.25, -0.2) is 0 Å². The lowest BCUT2D eigenvalue weighted by Crippen LogP contribution is -2.49. The third kappa shape index (κ3) is 2.41. The van der Waals surface area contributed by atoms with Crippen LogP contribution in [0.2, 0.25) is 0 Å². The molecule has 8 heteroatoms. The van der Waals surface area contributed by atoms with Crippen LogP contribution >= 0.6 is 0 Å². The zero-order valence-electron chi connectivity index (χ0n) is 10.7. The Morgan fingerprint density at radius 2 is 1.80 bits per heavy atom. The third-order valence-corrected chi connectivity index (χ3v) is 3.31. The van der Waals surface area contributed by atoms with Gasteiger partial charge >= 0.3 is 0 Å². The maximum absolute atomic E-state index is 13.8. The summed E-state index contributed by atoms with van der Waals surface area (Å²) in [5.74, 6) is -7.07.